The van der Waals surface area contributed by atoms with Gasteiger partial charge < -0.3 is 10.8 Å². The van der Waals surface area contributed by atoms with E-state index in [1.165, 1.54) is 0 Å². The fraction of sp³-hybridized carbons (Fsp3) is 0.222. The van der Waals surface area contributed by atoms with Crippen LogP contribution < -0.4 is 5.73 Å². The maximum Gasteiger partial charge on any atom is 0.320 e. The van der Waals surface area contributed by atoms with Gasteiger partial charge in [-0.1, -0.05) is 31.9 Å². The largest absolute Gasteiger partial charge is 0.480 e. The van der Waals surface area contributed by atoms with Crippen LogP contribution in [0.2, 0.25) is 0 Å². The van der Waals surface area contributed by atoms with E-state index in [0.29, 0.717) is 6.42 Å². The monoisotopic (exact) mass is 321 g/mol. The maximum absolute atomic E-state index is 10.5. The summed E-state index contributed by atoms with van der Waals surface area (Å²) in [6, 6.07) is 4.74. The number of hydrogen-bond acceptors (Lipinski definition) is 2. The van der Waals surface area contributed by atoms with Crippen molar-refractivity contribution in [3.05, 3.63) is 32.7 Å². The van der Waals surface area contributed by atoms with Gasteiger partial charge >= 0.3 is 5.97 Å². The number of nitrogens with two attached hydrogens (primary N) is 1. The Morgan fingerprint density at radius 1 is 1.36 bits per heavy atom. The molecule has 0 aliphatic rings. The Morgan fingerprint density at radius 2 is 1.86 bits per heavy atom. The molecule has 1 aromatic carbocycles. The Labute approximate surface area is 98.6 Å². The molecular weight excluding hydrogens is 314 g/mol. The van der Waals surface area contributed by atoms with Crippen LogP contribution in [0.1, 0.15) is 5.56 Å². The zero-order valence-corrected chi connectivity index (χ0v) is 10.4. The fourth-order valence-corrected chi connectivity index (χ4v) is 2.46. The minimum Gasteiger partial charge on any atom is -0.480 e. The normalized spacial score (nSPS) is 12.5. The summed E-state index contributed by atoms with van der Waals surface area (Å²) in [6.07, 6.45) is 0.327. The molecule has 0 bridgehead atoms. The van der Waals surface area contributed by atoms with Gasteiger partial charge in [0.15, 0.2) is 0 Å². The summed E-state index contributed by atoms with van der Waals surface area (Å²) in [5.74, 6) is -0.985. The first kappa shape index (κ1) is 11.7. The van der Waals surface area contributed by atoms with Gasteiger partial charge in [0, 0.05) is 8.95 Å². The molecule has 0 aliphatic heterocycles. The Bertz CT molecular complexity index is 334. The zero-order valence-electron chi connectivity index (χ0n) is 7.21. The number of rotatable bonds is 3. The van der Waals surface area contributed by atoms with Crippen LogP contribution in [0.25, 0.3) is 0 Å². The summed E-state index contributed by atoms with van der Waals surface area (Å²) in [5.41, 5.74) is 6.31. The predicted octanol–water partition coefficient (Wildman–Crippen LogP) is 2.17. The lowest BCUT2D eigenvalue weighted by molar-refractivity contribution is -0.138. The average Bonchev–Trinajstić information content (AvgIpc) is 2.01. The van der Waals surface area contributed by atoms with Crippen molar-refractivity contribution in [3.63, 3.8) is 0 Å². The van der Waals surface area contributed by atoms with Gasteiger partial charge in [0.25, 0.3) is 0 Å². The topological polar surface area (TPSA) is 63.3 Å². The van der Waals surface area contributed by atoms with E-state index in [2.05, 4.69) is 31.9 Å². The summed E-state index contributed by atoms with van der Waals surface area (Å²) in [7, 11) is 0. The number of carboxylic acids is 1. The quantitative estimate of drug-likeness (QED) is 0.896. The van der Waals surface area contributed by atoms with Crippen molar-refractivity contribution in [3.8, 4) is 0 Å². The van der Waals surface area contributed by atoms with Crippen molar-refractivity contribution in [2.45, 2.75) is 12.5 Å². The first-order chi connectivity index (χ1) is 6.49. The summed E-state index contributed by atoms with van der Waals surface area (Å²) in [6.45, 7) is 0. The Balaban J connectivity index is 2.81. The van der Waals surface area contributed by atoms with Crippen molar-refractivity contribution < 1.29 is 9.90 Å². The number of carboxylic acid groups (broad SMARTS) is 1. The highest BCUT2D eigenvalue weighted by molar-refractivity contribution is 9.11. The molecule has 1 aromatic rings. The van der Waals surface area contributed by atoms with E-state index in [1.807, 2.05) is 18.2 Å². The van der Waals surface area contributed by atoms with Crippen molar-refractivity contribution in [1.82, 2.24) is 0 Å². The first-order valence-corrected chi connectivity index (χ1v) is 5.51. The molecule has 0 aliphatic carbocycles. The zero-order chi connectivity index (χ0) is 10.7. The summed E-state index contributed by atoms with van der Waals surface area (Å²) in [4.78, 5) is 10.5. The van der Waals surface area contributed by atoms with E-state index in [-0.39, 0.29) is 0 Å². The molecule has 0 heterocycles. The van der Waals surface area contributed by atoms with Crippen molar-refractivity contribution in [2.24, 2.45) is 5.73 Å². The molecule has 0 fully saturated rings. The van der Waals surface area contributed by atoms with Crippen LogP contribution >= 0.6 is 31.9 Å². The van der Waals surface area contributed by atoms with Crippen molar-refractivity contribution in [2.75, 3.05) is 0 Å². The molecule has 0 saturated carbocycles. The smallest absolute Gasteiger partial charge is 0.320 e. The number of carbonyl (C=O) groups is 1. The number of hydrogen-bond donors (Lipinski definition) is 2. The van der Waals surface area contributed by atoms with Gasteiger partial charge in [-0.05, 0) is 30.2 Å². The summed E-state index contributed by atoms with van der Waals surface area (Å²) >= 11 is 6.64. The van der Waals surface area contributed by atoms with E-state index >= 15 is 0 Å². The highest BCUT2D eigenvalue weighted by Crippen LogP contribution is 2.20. The van der Waals surface area contributed by atoms with Gasteiger partial charge in [-0.2, -0.15) is 0 Å². The van der Waals surface area contributed by atoms with Crippen LogP contribution in [0.5, 0.6) is 0 Å². The second kappa shape index (κ2) is 4.91. The third-order valence-corrected chi connectivity index (χ3v) is 2.61. The highest BCUT2D eigenvalue weighted by atomic mass is 79.9. The van der Waals surface area contributed by atoms with Crippen LogP contribution in [-0.4, -0.2) is 17.1 Å². The Kier molecular flexibility index (Phi) is 4.10. The van der Waals surface area contributed by atoms with Gasteiger partial charge in [-0.25, -0.2) is 0 Å². The second-order valence-corrected chi connectivity index (χ2v) is 4.76. The molecular formula is C9H9Br2NO2. The van der Waals surface area contributed by atoms with Crippen molar-refractivity contribution >= 4 is 37.8 Å². The minimum absolute atomic E-state index is 0.327. The molecule has 0 aromatic heterocycles. The lowest BCUT2D eigenvalue weighted by Gasteiger charge is -2.07. The molecule has 76 valence electrons. The molecule has 0 amide bonds. The SMILES string of the molecule is NC(Cc1cc(Br)cc(Br)c1)C(=O)O. The van der Waals surface area contributed by atoms with Crippen LogP contribution in [0.4, 0.5) is 0 Å². The third kappa shape index (κ3) is 3.40. The van der Waals surface area contributed by atoms with Gasteiger partial charge in [0.1, 0.15) is 6.04 Å². The van der Waals surface area contributed by atoms with Crippen LogP contribution in [0.15, 0.2) is 27.1 Å². The lowest BCUT2D eigenvalue weighted by atomic mass is 10.1. The van der Waals surface area contributed by atoms with E-state index in [0.717, 1.165) is 14.5 Å². The number of aliphatic carboxylic acids is 1. The van der Waals surface area contributed by atoms with E-state index in [1.54, 1.807) is 0 Å². The number of benzene rings is 1. The van der Waals surface area contributed by atoms with Crippen molar-refractivity contribution in [1.29, 1.82) is 0 Å². The third-order valence-electron chi connectivity index (χ3n) is 1.70. The van der Waals surface area contributed by atoms with Crippen LogP contribution in [-0.2, 0) is 11.2 Å². The molecule has 3 nitrogen and oxygen atoms in total. The second-order valence-electron chi connectivity index (χ2n) is 2.93. The first-order valence-electron chi connectivity index (χ1n) is 3.92. The highest BCUT2D eigenvalue weighted by Gasteiger charge is 2.12. The fourth-order valence-electron chi connectivity index (χ4n) is 1.07. The van der Waals surface area contributed by atoms with Crippen LogP contribution in [0, 0.1) is 0 Å². The minimum atomic E-state index is -0.985. The Morgan fingerprint density at radius 3 is 2.29 bits per heavy atom. The molecule has 1 rings (SSSR count). The summed E-state index contributed by atoms with van der Waals surface area (Å²) in [5, 5.41) is 8.63. The molecule has 0 radical (unpaired) electrons. The molecule has 0 spiro atoms. The average molecular weight is 323 g/mol. The summed E-state index contributed by atoms with van der Waals surface area (Å²) < 4.78 is 1.80. The van der Waals surface area contributed by atoms with Gasteiger partial charge in [-0.15, -0.1) is 0 Å². The molecule has 0 saturated heterocycles. The molecule has 5 heteroatoms. The van der Waals surface area contributed by atoms with E-state index < -0.39 is 12.0 Å². The molecule has 1 atom stereocenters. The van der Waals surface area contributed by atoms with Gasteiger partial charge in [0.2, 0.25) is 0 Å². The maximum atomic E-state index is 10.5. The van der Waals surface area contributed by atoms with Gasteiger partial charge in [-0.3, -0.25) is 4.79 Å². The predicted molar refractivity (Wildman–Crippen MR) is 61.2 cm³/mol. The Hall–Kier alpha value is -0.390. The standard InChI is InChI=1S/C9H9Br2NO2/c10-6-1-5(2-7(11)4-6)3-8(12)9(13)14/h1-2,4,8H,3,12H2,(H,13,14). The van der Waals surface area contributed by atoms with E-state index in [9.17, 15) is 4.79 Å². The molecule has 14 heavy (non-hydrogen) atoms. The van der Waals surface area contributed by atoms with E-state index in [4.69, 9.17) is 10.8 Å². The van der Waals surface area contributed by atoms with Crippen LogP contribution in [0.3, 0.4) is 0 Å². The lowest BCUT2D eigenvalue weighted by Crippen LogP contribution is -2.32. The van der Waals surface area contributed by atoms with Gasteiger partial charge in [0.05, 0.1) is 0 Å². The number of halogens is 2. The molecule has 3 N–H and O–H groups in total. The molecule has 1 unspecified atom stereocenters.